The maximum Gasteiger partial charge on any atom is 0.115 e. The quantitative estimate of drug-likeness (QED) is 0.690. The number of hydrogen-bond acceptors (Lipinski definition) is 2. The summed E-state index contributed by atoms with van der Waals surface area (Å²) in [6.07, 6.45) is 8.05. The van der Waals surface area contributed by atoms with Crippen LogP contribution in [-0.2, 0) is 19.3 Å². The van der Waals surface area contributed by atoms with Crippen LogP contribution in [0.2, 0.25) is 0 Å². The second-order valence-corrected chi connectivity index (χ2v) is 5.85. The molecule has 3 aromatic rings. The van der Waals surface area contributed by atoms with Crippen molar-refractivity contribution in [2.24, 2.45) is 0 Å². The van der Waals surface area contributed by atoms with E-state index in [1.54, 1.807) is 0 Å². The summed E-state index contributed by atoms with van der Waals surface area (Å²) in [6.45, 7) is 0. The van der Waals surface area contributed by atoms with Crippen molar-refractivity contribution in [1.82, 2.24) is 14.5 Å². The molecule has 0 unspecified atom stereocenters. The Hall–Kier alpha value is -1.87. The van der Waals surface area contributed by atoms with E-state index in [2.05, 4.69) is 32.7 Å². The Morgan fingerprint density at radius 3 is 2.95 bits per heavy atom. The van der Waals surface area contributed by atoms with Crippen molar-refractivity contribution in [3.63, 3.8) is 0 Å². The van der Waals surface area contributed by atoms with E-state index in [1.807, 2.05) is 18.5 Å². The molecule has 0 aliphatic heterocycles. The SMILES string of the molecule is ClCCc1nc2cnccc2n1-c1ccc2c(c1)CCC2. The summed E-state index contributed by atoms with van der Waals surface area (Å²) in [4.78, 5) is 8.86. The summed E-state index contributed by atoms with van der Waals surface area (Å²) < 4.78 is 2.22. The molecule has 0 saturated heterocycles. The number of hydrogen-bond donors (Lipinski definition) is 0. The van der Waals surface area contributed by atoms with Gasteiger partial charge in [0.2, 0.25) is 0 Å². The predicted molar refractivity (Wildman–Crippen MR) is 85.3 cm³/mol. The largest absolute Gasteiger partial charge is 0.296 e. The minimum absolute atomic E-state index is 0.571. The fourth-order valence-electron chi connectivity index (χ4n) is 3.22. The lowest BCUT2D eigenvalue weighted by molar-refractivity contribution is 0.905. The highest BCUT2D eigenvalue weighted by Crippen LogP contribution is 2.27. The van der Waals surface area contributed by atoms with Gasteiger partial charge in [-0.05, 0) is 48.6 Å². The molecule has 1 aliphatic rings. The van der Waals surface area contributed by atoms with Gasteiger partial charge in [-0.3, -0.25) is 9.55 Å². The smallest absolute Gasteiger partial charge is 0.115 e. The number of pyridine rings is 1. The Morgan fingerprint density at radius 2 is 2.05 bits per heavy atom. The van der Waals surface area contributed by atoms with Crippen LogP contribution in [-0.4, -0.2) is 20.4 Å². The molecule has 0 N–H and O–H groups in total. The average molecular weight is 298 g/mol. The first-order chi connectivity index (χ1) is 10.4. The topological polar surface area (TPSA) is 30.7 Å². The van der Waals surface area contributed by atoms with Crippen molar-refractivity contribution in [3.05, 3.63) is 53.6 Å². The maximum absolute atomic E-state index is 5.95. The highest BCUT2D eigenvalue weighted by atomic mass is 35.5. The predicted octanol–water partition coefficient (Wildman–Crippen LogP) is 3.69. The third kappa shape index (κ3) is 2.12. The fourth-order valence-corrected chi connectivity index (χ4v) is 3.39. The number of benzene rings is 1. The van der Waals surface area contributed by atoms with Gasteiger partial charge in [0.05, 0.1) is 11.7 Å². The van der Waals surface area contributed by atoms with E-state index in [9.17, 15) is 0 Å². The van der Waals surface area contributed by atoms with Gasteiger partial charge in [0, 0.05) is 24.2 Å². The molecule has 0 atom stereocenters. The number of aryl methyl sites for hydroxylation is 3. The molecule has 0 amide bonds. The van der Waals surface area contributed by atoms with E-state index in [0.717, 1.165) is 23.3 Å². The molecule has 0 bridgehead atoms. The molecule has 0 radical (unpaired) electrons. The molecular weight excluding hydrogens is 282 g/mol. The number of fused-ring (bicyclic) bond motifs is 2. The highest BCUT2D eigenvalue weighted by Gasteiger charge is 2.15. The molecule has 2 heterocycles. The third-order valence-electron chi connectivity index (χ3n) is 4.18. The van der Waals surface area contributed by atoms with E-state index in [1.165, 1.54) is 36.1 Å². The Labute approximate surface area is 128 Å². The molecule has 1 aromatic carbocycles. The van der Waals surface area contributed by atoms with Crippen LogP contribution in [0.5, 0.6) is 0 Å². The van der Waals surface area contributed by atoms with Crippen LogP contribution >= 0.6 is 11.6 Å². The number of rotatable bonds is 3. The van der Waals surface area contributed by atoms with Crippen molar-refractivity contribution < 1.29 is 0 Å². The van der Waals surface area contributed by atoms with Crippen LogP contribution < -0.4 is 0 Å². The first-order valence-electron chi connectivity index (χ1n) is 7.36. The Bertz CT molecular complexity index is 807. The second-order valence-electron chi connectivity index (χ2n) is 5.47. The van der Waals surface area contributed by atoms with Crippen molar-refractivity contribution in [2.75, 3.05) is 5.88 Å². The van der Waals surface area contributed by atoms with Crippen LogP contribution in [0.1, 0.15) is 23.4 Å². The van der Waals surface area contributed by atoms with Crippen LogP contribution in [0, 0.1) is 0 Å². The summed E-state index contributed by atoms with van der Waals surface area (Å²) in [5, 5.41) is 0. The van der Waals surface area contributed by atoms with Crippen molar-refractivity contribution >= 4 is 22.6 Å². The van der Waals surface area contributed by atoms with Crippen LogP contribution in [0.3, 0.4) is 0 Å². The Balaban J connectivity index is 1.94. The van der Waals surface area contributed by atoms with Crippen molar-refractivity contribution in [1.29, 1.82) is 0 Å². The first kappa shape index (κ1) is 12.8. The number of halogens is 1. The van der Waals surface area contributed by atoms with Gasteiger partial charge in [0.25, 0.3) is 0 Å². The molecule has 0 spiro atoms. The van der Waals surface area contributed by atoms with Gasteiger partial charge < -0.3 is 0 Å². The molecule has 1 aliphatic carbocycles. The van der Waals surface area contributed by atoms with E-state index in [0.29, 0.717) is 5.88 Å². The van der Waals surface area contributed by atoms with Gasteiger partial charge in [-0.1, -0.05) is 6.07 Å². The van der Waals surface area contributed by atoms with Gasteiger partial charge in [0.15, 0.2) is 0 Å². The molecule has 4 heteroatoms. The van der Waals surface area contributed by atoms with E-state index < -0.39 is 0 Å². The molecule has 21 heavy (non-hydrogen) atoms. The van der Waals surface area contributed by atoms with Gasteiger partial charge in [-0.2, -0.15) is 0 Å². The molecule has 2 aromatic heterocycles. The van der Waals surface area contributed by atoms with E-state index >= 15 is 0 Å². The lowest BCUT2D eigenvalue weighted by Crippen LogP contribution is -2.03. The van der Waals surface area contributed by atoms with E-state index in [-0.39, 0.29) is 0 Å². The number of aromatic nitrogens is 3. The molecule has 106 valence electrons. The Kier molecular flexibility index (Phi) is 3.15. The second kappa shape index (κ2) is 5.15. The zero-order valence-corrected chi connectivity index (χ0v) is 12.5. The normalized spacial score (nSPS) is 13.8. The zero-order valence-electron chi connectivity index (χ0n) is 11.7. The lowest BCUT2D eigenvalue weighted by atomic mass is 10.1. The third-order valence-corrected chi connectivity index (χ3v) is 4.37. The van der Waals surface area contributed by atoms with Crippen LogP contribution in [0.25, 0.3) is 16.7 Å². The van der Waals surface area contributed by atoms with Crippen molar-refractivity contribution in [3.8, 4) is 5.69 Å². The van der Waals surface area contributed by atoms with Gasteiger partial charge >= 0.3 is 0 Å². The summed E-state index contributed by atoms with van der Waals surface area (Å²) in [5.74, 6) is 1.58. The molecular formula is C17H16ClN3. The summed E-state index contributed by atoms with van der Waals surface area (Å²) >= 11 is 5.95. The monoisotopic (exact) mass is 297 g/mol. The average Bonchev–Trinajstić information content (AvgIpc) is 3.10. The van der Waals surface area contributed by atoms with Gasteiger partial charge in [-0.15, -0.1) is 11.6 Å². The van der Waals surface area contributed by atoms with Gasteiger partial charge in [0.1, 0.15) is 11.3 Å². The standard InChI is InChI=1S/C17H16ClN3/c18-8-6-17-20-15-11-19-9-7-16(15)21(17)14-5-4-12-2-1-3-13(12)10-14/h4-5,7,9-11H,1-3,6,8H2. The number of imidazole rings is 1. The fraction of sp³-hybridized carbons (Fsp3) is 0.294. The lowest BCUT2D eigenvalue weighted by Gasteiger charge is -2.10. The highest BCUT2D eigenvalue weighted by molar-refractivity contribution is 6.17. The summed E-state index contributed by atoms with van der Waals surface area (Å²) in [6, 6.07) is 8.79. The van der Waals surface area contributed by atoms with Crippen molar-refractivity contribution in [2.45, 2.75) is 25.7 Å². The number of alkyl halides is 1. The van der Waals surface area contributed by atoms with Crippen LogP contribution in [0.15, 0.2) is 36.7 Å². The van der Waals surface area contributed by atoms with E-state index in [4.69, 9.17) is 11.6 Å². The molecule has 0 fully saturated rings. The molecule has 4 rings (SSSR count). The minimum atomic E-state index is 0.571. The van der Waals surface area contributed by atoms with Gasteiger partial charge in [-0.25, -0.2) is 4.98 Å². The number of nitrogens with zero attached hydrogens (tertiary/aromatic N) is 3. The maximum atomic E-state index is 5.95. The Morgan fingerprint density at radius 1 is 1.14 bits per heavy atom. The summed E-state index contributed by atoms with van der Waals surface area (Å²) in [5.41, 5.74) is 6.18. The zero-order chi connectivity index (χ0) is 14.2. The first-order valence-corrected chi connectivity index (χ1v) is 7.90. The minimum Gasteiger partial charge on any atom is -0.296 e. The summed E-state index contributed by atoms with van der Waals surface area (Å²) in [7, 11) is 0. The molecule has 3 nitrogen and oxygen atoms in total. The van der Waals surface area contributed by atoms with Crippen LogP contribution in [0.4, 0.5) is 0 Å². The molecule has 0 saturated carbocycles.